The molecule has 4 aromatic rings. The molecular formula is C25H26N4O2. The van der Waals surface area contributed by atoms with Gasteiger partial charge in [0, 0.05) is 28.6 Å². The Balaban J connectivity index is 1.64. The van der Waals surface area contributed by atoms with E-state index >= 15 is 0 Å². The molecule has 0 bridgehead atoms. The van der Waals surface area contributed by atoms with Crippen molar-refractivity contribution in [2.45, 2.75) is 45.2 Å². The van der Waals surface area contributed by atoms with Gasteiger partial charge in [-0.2, -0.15) is 5.10 Å². The van der Waals surface area contributed by atoms with Gasteiger partial charge in [-0.05, 0) is 38.0 Å². The molecule has 0 saturated heterocycles. The van der Waals surface area contributed by atoms with Crippen LogP contribution in [0.5, 0.6) is 5.75 Å². The van der Waals surface area contributed by atoms with Crippen LogP contribution in [0.1, 0.15) is 32.6 Å². The van der Waals surface area contributed by atoms with E-state index in [1.54, 1.807) is 0 Å². The van der Waals surface area contributed by atoms with Crippen LogP contribution in [-0.2, 0) is 11.3 Å². The number of ether oxygens (including phenoxy) is 1. The van der Waals surface area contributed by atoms with Gasteiger partial charge < -0.3 is 10.1 Å². The maximum Gasteiger partial charge on any atom is 0.241 e. The average Bonchev–Trinajstić information content (AvgIpc) is 3.42. The molecule has 1 N–H and O–H groups in total. The number of nitrogens with one attached hydrogen (secondary N) is 1. The molecule has 1 aliphatic rings. The Kier molecular flexibility index (Phi) is 5.28. The third-order valence-electron chi connectivity index (χ3n) is 5.92. The summed E-state index contributed by atoms with van der Waals surface area (Å²) in [5.74, 6) is 0.788. The van der Waals surface area contributed by atoms with Gasteiger partial charge in [-0.3, -0.25) is 14.5 Å². The summed E-state index contributed by atoms with van der Waals surface area (Å²) in [5, 5.41) is 9.92. The summed E-state index contributed by atoms with van der Waals surface area (Å²) < 4.78 is 7.55. The quantitative estimate of drug-likeness (QED) is 0.496. The molecule has 0 atom stereocenters. The summed E-state index contributed by atoms with van der Waals surface area (Å²) in [6.45, 7) is 2.74. The smallest absolute Gasteiger partial charge is 0.241 e. The molecular weight excluding hydrogens is 388 g/mol. The summed E-state index contributed by atoms with van der Waals surface area (Å²) in [6, 6.07) is 16.2. The fourth-order valence-electron chi connectivity index (χ4n) is 4.49. The van der Waals surface area contributed by atoms with Crippen LogP contribution in [0.3, 0.4) is 0 Å². The van der Waals surface area contributed by atoms with Crippen molar-refractivity contribution in [3.8, 4) is 17.0 Å². The molecule has 1 fully saturated rings. The highest BCUT2D eigenvalue weighted by molar-refractivity contribution is 6.08. The van der Waals surface area contributed by atoms with Gasteiger partial charge in [-0.1, -0.05) is 43.2 Å². The van der Waals surface area contributed by atoms with E-state index in [1.807, 2.05) is 66.3 Å². The third kappa shape index (κ3) is 3.85. The molecule has 1 aliphatic carbocycles. The predicted molar refractivity (Wildman–Crippen MR) is 122 cm³/mol. The molecule has 2 aromatic carbocycles. The zero-order chi connectivity index (χ0) is 21.2. The lowest BCUT2D eigenvalue weighted by atomic mass is 10.1. The molecule has 1 saturated carbocycles. The van der Waals surface area contributed by atoms with E-state index in [2.05, 4.69) is 10.3 Å². The van der Waals surface area contributed by atoms with Gasteiger partial charge in [0.25, 0.3) is 0 Å². The van der Waals surface area contributed by atoms with Gasteiger partial charge in [0.15, 0.2) is 0 Å². The maximum atomic E-state index is 12.9. The summed E-state index contributed by atoms with van der Waals surface area (Å²) in [4.78, 5) is 17.5. The number of carbonyl (C=O) groups is 1. The van der Waals surface area contributed by atoms with Crippen molar-refractivity contribution >= 4 is 27.7 Å². The van der Waals surface area contributed by atoms with E-state index in [0.717, 1.165) is 51.7 Å². The molecule has 0 unspecified atom stereocenters. The Morgan fingerprint density at radius 1 is 1.13 bits per heavy atom. The standard InChI is InChI=1S/C25H26N4O2/c1-2-31-19-12-13-22-20(14-19)25-21(15-26-22)24(17-8-4-3-5-9-17)28-29(25)16-23(30)27-18-10-6-7-11-18/h3-5,8-9,12-15,18H,2,6-7,10-11,16H2,1H3,(H,27,30). The molecule has 31 heavy (non-hydrogen) atoms. The fraction of sp³-hybridized carbons (Fsp3) is 0.320. The Bertz CT molecular complexity index is 1230. The monoisotopic (exact) mass is 414 g/mol. The van der Waals surface area contributed by atoms with E-state index in [-0.39, 0.29) is 18.5 Å². The maximum absolute atomic E-state index is 12.9. The molecule has 0 aliphatic heterocycles. The van der Waals surface area contributed by atoms with Crippen LogP contribution in [0.25, 0.3) is 33.1 Å². The second-order valence-corrected chi connectivity index (χ2v) is 8.05. The van der Waals surface area contributed by atoms with Crippen molar-refractivity contribution < 1.29 is 9.53 Å². The van der Waals surface area contributed by atoms with E-state index in [0.29, 0.717) is 6.61 Å². The number of hydrogen-bond donors (Lipinski definition) is 1. The number of hydrogen-bond acceptors (Lipinski definition) is 4. The van der Waals surface area contributed by atoms with Crippen molar-refractivity contribution in [2.75, 3.05) is 6.61 Å². The molecule has 2 aromatic heterocycles. The van der Waals surface area contributed by atoms with Gasteiger partial charge >= 0.3 is 0 Å². The van der Waals surface area contributed by atoms with Crippen LogP contribution in [0.15, 0.2) is 54.7 Å². The summed E-state index contributed by atoms with van der Waals surface area (Å²) in [7, 11) is 0. The van der Waals surface area contributed by atoms with Crippen molar-refractivity contribution in [2.24, 2.45) is 0 Å². The fourth-order valence-corrected chi connectivity index (χ4v) is 4.49. The minimum absolute atomic E-state index is 0.00170. The van der Waals surface area contributed by atoms with Gasteiger partial charge in [0.1, 0.15) is 18.0 Å². The lowest BCUT2D eigenvalue weighted by molar-refractivity contribution is -0.122. The summed E-state index contributed by atoms with van der Waals surface area (Å²) in [5.41, 5.74) is 3.60. The van der Waals surface area contributed by atoms with E-state index in [1.165, 1.54) is 12.8 Å². The molecule has 2 heterocycles. The molecule has 6 heteroatoms. The predicted octanol–water partition coefficient (Wildman–Crippen LogP) is 4.71. The first-order chi connectivity index (χ1) is 15.2. The molecule has 0 radical (unpaired) electrons. The topological polar surface area (TPSA) is 69.0 Å². The van der Waals surface area contributed by atoms with E-state index in [4.69, 9.17) is 9.84 Å². The molecule has 6 nitrogen and oxygen atoms in total. The number of fused-ring (bicyclic) bond motifs is 3. The van der Waals surface area contributed by atoms with Gasteiger partial charge in [-0.15, -0.1) is 0 Å². The normalized spacial score (nSPS) is 14.4. The Morgan fingerprint density at radius 3 is 2.71 bits per heavy atom. The lowest BCUT2D eigenvalue weighted by Gasteiger charge is -2.12. The second-order valence-electron chi connectivity index (χ2n) is 8.05. The molecule has 0 spiro atoms. The number of aromatic nitrogens is 3. The van der Waals surface area contributed by atoms with Crippen LogP contribution in [0, 0.1) is 0 Å². The Morgan fingerprint density at radius 2 is 1.94 bits per heavy atom. The highest BCUT2D eigenvalue weighted by Gasteiger charge is 2.21. The average molecular weight is 415 g/mol. The highest BCUT2D eigenvalue weighted by Crippen LogP contribution is 2.33. The molecule has 158 valence electrons. The Labute approximate surface area is 181 Å². The van der Waals surface area contributed by atoms with Gasteiger partial charge in [-0.25, -0.2) is 0 Å². The number of benzene rings is 2. The van der Waals surface area contributed by atoms with Crippen molar-refractivity contribution in [3.63, 3.8) is 0 Å². The third-order valence-corrected chi connectivity index (χ3v) is 5.92. The van der Waals surface area contributed by atoms with E-state index < -0.39 is 0 Å². The second kappa shape index (κ2) is 8.38. The number of amides is 1. The molecule has 5 rings (SSSR count). The van der Waals surface area contributed by atoms with Crippen molar-refractivity contribution in [1.82, 2.24) is 20.1 Å². The van der Waals surface area contributed by atoms with Gasteiger partial charge in [0.05, 0.1) is 17.6 Å². The Hall–Kier alpha value is -3.41. The summed E-state index contributed by atoms with van der Waals surface area (Å²) >= 11 is 0. The minimum atomic E-state index is 0.00170. The van der Waals surface area contributed by atoms with Crippen molar-refractivity contribution in [1.29, 1.82) is 0 Å². The zero-order valence-corrected chi connectivity index (χ0v) is 17.7. The number of nitrogens with zero attached hydrogens (tertiary/aromatic N) is 3. The van der Waals surface area contributed by atoms with E-state index in [9.17, 15) is 4.79 Å². The van der Waals surface area contributed by atoms with Crippen molar-refractivity contribution in [3.05, 3.63) is 54.7 Å². The number of pyridine rings is 1. The van der Waals surface area contributed by atoms with Crippen LogP contribution < -0.4 is 10.1 Å². The van der Waals surface area contributed by atoms with Crippen LogP contribution >= 0.6 is 0 Å². The number of rotatable bonds is 6. The largest absolute Gasteiger partial charge is 0.494 e. The first kappa shape index (κ1) is 19.5. The highest BCUT2D eigenvalue weighted by atomic mass is 16.5. The SMILES string of the molecule is CCOc1ccc2ncc3c(-c4ccccc4)nn(CC(=O)NC4CCCC4)c3c2c1. The summed E-state index contributed by atoms with van der Waals surface area (Å²) in [6.07, 6.45) is 6.35. The minimum Gasteiger partial charge on any atom is -0.494 e. The zero-order valence-electron chi connectivity index (χ0n) is 17.7. The van der Waals surface area contributed by atoms with Crippen LogP contribution in [0.2, 0.25) is 0 Å². The number of carbonyl (C=O) groups excluding carboxylic acids is 1. The van der Waals surface area contributed by atoms with Crippen LogP contribution in [0.4, 0.5) is 0 Å². The van der Waals surface area contributed by atoms with Gasteiger partial charge in [0.2, 0.25) is 5.91 Å². The first-order valence-corrected chi connectivity index (χ1v) is 11.0. The lowest BCUT2D eigenvalue weighted by Crippen LogP contribution is -2.35. The first-order valence-electron chi connectivity index (χ1n) is 11.0. The molecule has 1 amide bonds. The van der Waals surface area contributed by atoms with Crippen LogP contribution in [-0.4, -0.2) is 33.3 Å².